The molecule has 0 saturated heterocycles. The highest BCUT2D eigenvalue weighted by Gasteiger charge is 2.18. The van der Waals surface area contributed by atoms with Gasteiger partial charge in [0.05, 0.1) is 12.8 Å². The lowest BCUT2D eigenvalue weighted by molar-refractivity contribution is 0.196. The van der Waals surface area contributed by atoms with Crippen LogP contribution < -0.4 is 16.1 Å². The summed E-state index contributed by atoms with van der Waals surface area (Å²) in [6, 6.07) is 6.30. The Morgan fingerprint density at radius 1 is 1.16 bits per heavy atom. The first-order chi connectivity index (χ1) is 12.2. The number of anilines is 4. The number of nitrogens with two attached hydrogens (primary N) is 1. The van der Waals surface area contributed by atoms with Gasteiger partial charge in [0.15, 0.2) is 0 Å². The molecule has 0 radical (unpaired) electrons. The Morgan fingerprint density at radius 2 is 1.92 bits per heavy atom. The molecule has 25 heavy (non-hydrogen) atoms. The fourth-order valence-corrected chi connectivity index (χ4v) is 3.05. The molecule has 8 heteroatoms. The van der Waals surface area contributed by atoms with Crippen LogP contribution in [-0.2, 0) is 4.84 Å². The van der Waals surface area contributed by atoms with Crippen molar-refractivity contribution in [2.24, 2.45) is 0 Å². The summed E-state index contributed by atoms with van der Waals surface area (Å²) in [5.74, 6) is 0.322. The van der Waals surface area contributed by atoms with Crippen molar-refractivity contribution in [1.82, 2.24) is 15.0 Å². The minimum atomic E-state index is -0.376. The molecule has 134 valence electrons. The molecule has 1 saturated carbocycles. The second kappa shape index (κ2) is 8.06. The van der Waals surface area contributed by atoms with Crippen molar-refractivity contribution in [1.29, 1.82) is 0 Å². The summed E-state index contributed by atoms with van der Waals surface area (Å²) in [5.41, 5.74) is 6.30. The topological polar surface area (TPSA) is 89.2 Å². The highest BCUT2D eigenvalue weighted by molar-refractivity contribution is 5.56. The number of rotatable bonds is 5. The van der Waals surface area contributed by atoms with Crippen LogP contribution in [0, 0.1) is 5.82 Å². The molecule has 3 rings (SSSR count). The summed E-state index contributed by atoms with van der Waals surface area (Å²) >= 11 is 0. The summed E-state index contributed by atoms with van der Waals surface area (Å²) in [7, 11) is 1.46. The molecule has 1 heterocycles. The van der Waals surface area contributed by atoms with Crippen LogP contribution in [0.1, 0.15) is 38.5 Å². The van der Waals surface area contributed by atoms with Gasteiger partial charge >= 0.3 is 0 Å². The minimum absolute atomic E-state index is 0.0829. The van der Waals surface area contributed by atoms with Gasteiger partial charge in [-0.05, 0) is 25.0 Å². The van der Waals surface area contributed by atoms with Crippen LogP contribution in [0.3, 0.4) is 0 Å². The zero-order chi connectivity index (χ0) is 17.6. The van der Waals surface area contributed by atoms with Crippen LogP contribution in [-0.4, -0.2) is 28.1 Å². The van der Waals surface area contributed by atoms with Gasteiger partial charge in [-0.25, -0.2) is 4.39 Å². The largest absolute Gasteiger partial charge is 0.368 e. The third-order valence-electron chi connectivity index (χ3n) is 4.24. The predicted molar refractivity (Wildman–Crippen MR) is 94.9 cm³/mol. The van der Waals surface area contributed by atoms with E-state index in [9.17, 15) is 4.39 Å². The van der Waals surface area contributed by atoms with Crippen LogP contribution in [0.15, 0.2) is 24.3 Å². The van der Waals surface area contributed by atoms with Crippen molar-refractivity contribution >= 4 is 23.5 Å². The van der Waals surface area contributed by atoms with Gasteiger partial charge in [0.1, 0.15) is 5.82 Å². The third kappa shape index (κ3) is 4.54. The molecule has 1 aliphatic carbocycles. The zero-order valence-electron chi connectivity index (χ0n) is 14.3. The minimum Gasteiger partial charge on any atom is -0.368 e. The van der Waals surface area contributed by atoms with Crippen LogP contribution in [0.2, 0.25) is 0 Å². The third-order valence-corrected chi connectivity index (χ3v) is 4.24. The first kappa shape index (κ1) is 17.3. The summed E-state index contributed by atoms with van der Waals surface area (Å²) in [5, 5.41) is 4.66. The van der Waals surface area contributed by atoms with Crippen molar-refractivity contribution < 1.29 is 9.23 Å². The predicted octanol–water partition coefficient (Wildman–Crippen LogP) is 3.43. The van der Waals surface area contributed by atoms with E-state index in [2.05, 4.69) is 20.3 Å². The van der Waals surface area contributed by atoms with Crippen LogP contribution in [0.25, 0.3) is 0 Å². The van der Waals surface area contributed by atoms with E-state index in [0.717, 1.165) is 12.8 Å². The average Bonchev–Trinajstić information content (AvgIpc) is 2.84. The van der Waals surface area contributed by atoms with Crippen molar-refractivity contribution in [2.45, 2.75) is 44.6 Å². The first-order valence-corrected chi connectivity index (χ1v) is 8.53. The number of nitrogens with one attached hydrogen (secondary N) is 1. The van der Waals surface area contributed by atoms with Gasteiger partial charge in [0, 0.05) is 12.1 Å². The second-order valence-corrected chi connectivity index (χ2v) is 6.11. The van der Waals surface area contributed by atoms with Crippen molar-refractivity contribution in [3.8, 4) is 0 Å². The van der Waals surface area contributed by atoms with E-state index < -0.39 is 0 Å². The summed E-state index contributed by atoms with van der Waals surface area (Å²) < 4.78 is 13.5. The number of halogens is 1. The standard InChI is InChI=1S/C17H23FN6O/c1-25-24(14-10-6-7-12(18)11-14)17-22-15(19)21-16(23-17)20-13-8-4-2-3-5-9-13/h6-7,10-11,13H,2-5,8-9H2,1H3,(H3,19,20,21,22,23). The van der Waals surface area contributed by atoms with Crippen LogP contribution >= 0.6 is 0 Å². The lowest BCUT2D eigenvalue weighted by atomic mass is 10.1. The van der Waals surface area contributed by atoms with Gasteiger partial charge in [0.2, 0.25) is 11.9 Å². The van der Waals surface area contributed by atoms with E-state index in [1.807, 2.05) is 0 Å². The monoisotopic (exact) mass is 346 g/mol. The molecule has 0 spiro atoms. The van der Waals surface area contributed by atoms with E-state index in [1.165, 1.54) is 50.0 Å². The maximum atomic E-state index is 13.5. The van der Waals surface area contributed by atoms with E-state index in [0.29, 0.717) is 17.7 Å². The summed E-state index contributed by atoms with van der Waals surface area (Å²) in [6.07, 6.45) is 7.08. The number of aromatic nitrogens is 3. The Bertz CT molecular complexity index is 705. The SMILES string of the molecule is CON(c1cccc(F)c1)c1nc(N)nc(NC2CCCCCC2)n1. The molecule has 0 unspecified atom stereocenters. The normalized spacial score (nSPS) is 15.6. The van der Waals surface area contributed by atoms with Gasteiger partial charge in [-0.2, -0.15) is 20.0 Å². The second-order valence-electron chi connectivity index (χ2n) is 6.11. The van der Waals surface area contributed by atoms with E-state index in [-0.39, 0.29) is 17.7 Å². The highest BCUT2D eigenvalue weighted by atomic mass is 19.1. The molecule has 1 aromatic heterocycles. The van der Waals surface area contributed by atoms with Crippen LogP contribution in [0.5, 0.6) is 0 Å². The molecule has 3 N–H and O–H groups in total. The molecule has 0 amide bonds. The fraction of sp³-hybridized carbons (Fsp3) is 0.471. The number of hydrogen-bond donors (Lipinski definition) is 2. The molecule has 2 aromatic rings. The van der Waals surface area contributed by atoms with Gasteiger partial charge in [0.25, 0.3) is 5.95 Å². The molecular weight excluding hydrogens is 323 g/mol. The van der Waals surface area contributed by atoms with Crippen molar-refractivity contribution in [3.05, 3.63) is 30.1 Å². The summed E-state index contributed by atoms with van der Waals surface area (Å²) in [4.78, 5) is 18.0. The zero-order valence-corrected chi connectivity index (χ0v) is 14.3. The Balaban J connectivity index is 1.84. The molecule has 1 aromatic carbocycles. The number of hydrogen-bond acceptors (Lipinski definition) is 7. The smallest absolute Gasteiger partial charge is 0.261 e. The molecule has 0 aliphatic heterocycles. The molecule has 1 fully saturated rings. The molecular formula is C17H23FN6O. The average molecular weight is 346 g/mol. The first-order valence-electron chi connectivity index (χ1n) is 8.53. The number of benzene rings is 1. The molecule has 0 bridgehead atoms. The molecule has 7 nitrogen and oxygen atoms in total. The Labute approximate surface area is 146 Å². The Hall–Kier alpha value is -2.48. The van der Waals surface area contributed by atoms with E-state index in [4.69, 9.17) is 10.6 Å². The maximum absolute atomic E-state index is 13.5. The number of nitrogen functional groups attached to an aromatic ring is 1. The van der Waals surface area contributed by atoms with Gasteiger partial charge in [-0.3, -0.25) is 4.84 Å². The Kier molecular flexibility index (Phi) is 5.60. The van der Waals surface area contributed by atoms with Crippen molar-refractivity contribution in [2.75, 3.05) is 23.2 Å². The Morgan fingerprint density at radius 3 is 2.60 bits per heavy atom. The quantitative estimate of drug-likeness (QED) is 0.633. The fourth-order valence-electron chi connectivity index (χ4n) is 3.05. The molecule has 1 aliphatic rings. The van der Waals surface area contributed by atoms with Gasteiger partial charge in [-0.15, -0.1) is 0 Å². The van der Waals surface area contributed by atoms with Crippen LogP contribution in [0.4, 0.5) is 27.9 Å². The van der Waals surface area contributed by atoms with E-state index >= 15 is 0 Å². The highest BCUT2D eigenvalue weighted by Crippen LogP contribution is 2.25. The summed E-state index contributed by atoms with van der Waals surface area (Å²) in [6.45, 7) is 0. The van der Waals surface area contributed by atoms with E-state index in [1.54, 1.807) is 12.1 Å². The lowest BCUT2D eigenvalue weighted by Crippen LogP contribution is -2.23. The molecule has 0 atom stereocenters. The van der Waals surface area contributed by atoms with Gasteiger partial charge < -0.3 is 11.1 Å². The maximum Gasteiger partial charge on any atom is 0.261 e. The van der Waals surface area contributed by atoms with Gasteiger partial charge in [-0.1, -0.05) is 31.7 Å². The number of nitrogens with zero attached hydrogens (tertiary/aromatic N) is 4. The lowest BCUT2D eigenvalue weighted by Gasteiger charge is -2.21. The van der Waals surface area contributed by atoms with Crippen molar-refractivity contribution in [3.63, 3.8) is 0 Å².